The number of benzene rings is 1. The molecule has 0 saturated carbocycles. The van der Waals surface area contributed by atoms with E-state index in [-0.39, 0.29) is 12.6 Å². The summed E-state index contributed by atoms with van der Waals surface area (Å²) >= 11 is 0. The fourth-order valence-electron chi connectivity index (χ4n) is 3.26. The number of aliphatic hydroxyl groups excluding tert-OH is 1. The number of pyridine rings is 1. The summed E-state index contributed by atoms with van der Waals surface area (Å²) in [7, 11) is 3.25. The quantitative estimate of drug-likeness (QED) is 0.426. The fourth-order valence-corrected chi connectivity index (χ4v) is 3.26. The summed E-state index contributed by atoms with van der Waals surface area (Å²) in [5.41, 5.74) is 2.36. The van der Waals surface area contributed by atoms with E-state index in [9.17, 15) is 5.11 Å². The van der Waals surface area contributed by atoms with Gasteiger partial charge >= 0.3 is 0 Å². The molecule has 0 radical (unpaired) electrons. The van der Waals surface area contributed by atoms with Crippen molar-refractivity contribution in [3.63, 3.8) is 0 Å². The van der Waals surface area contributed by atoms with Gasteiger partial charge in [-0.3, -0.25) is 4.98 Å². The lowest BCUT2D eigenvalue weighted by molar-refractivity contribution is 0.263. The lowest BCUT2D eigenvalue weighted by atomic mass is 10.0. The molecule has 166 valence electrons. The zero-order chi connectivity index (χ0) is 22.2. The minimum absolute atomic E-state index is 0.0247. The van der Waals surface area contributed by atoms with Gasteiger partial charge in [-0.05, 0) is 43.0 Å². The fraction of sp³-hybridized carbons (Fsp3) is 0.435. The molecule has 0 aliphatic rings. The van der Waals surface area contributed by atoms with Crippen LogP contribution in [-0.4, -0.2) is 46.9 Å². The topological polar surface area (TPSA) is 101 Å². The summed E-state index contributed by atoms with van der Waals surface area (Å²) in [6.45, 7) is 4.85. The largest absolute Gasteiger partial charge is 0.497 e. The summed E-state index contributed by atoms with van der Waals surface area (Å²) in [4.78, 5) is 13.7. The highest BCUT2D eigenvalue weighted by Gasteiger charge is 2.15. The van der Waals surface area contributed by atoms with Crippen LogP contribution < -0.4 is 20.1 Å². The lowest BCUT2D eigenvalue weighted by Gasteiger charge is -2.19. The minimum atomic E-state index is -0.1000. The number of nitrogens with zero attached hydrogens (tertiary/aromatic N) is 3. The Morgan fingerprint density at radius 1 is 1.06 bits per heavy atom. The molecule has 0 spiro atoms. The third kappa shape index (κ3) is 5.95. The van der Waals surface area contributed by atoms with E-state index in [0.717, 1.165) is 35.4 Å². The number of ether oxygens (including phenoxy) is 2. The number of methoxy groups -OCH3 is 2. The van der Waals surface area contributed by atoms with Crippen LogP contribution in [0.1, 0.15) is 32.3 Å². The molecule has 8 nitrogen and oxygen atoms in total. The van der Waals surface area contributed by atoms with Crippen LogP contribution in [0.25, 0.3) is 11.0 Å². The van der Waals surface area contributed by atoms with Gasteiger partial charge in [-0.2, -0.15) is 4.98 Å². The number of aliphatic hydroxyl groups is 1. The maximum atomic E-state index is 9.83. The first-order chi connectivity index (χ1) is 15.0. The molecule has 0 unspecified atom stereocenters. The van der Waals surface area contributed by atoms with E-state index in [4.69, 9.17) is 9.47 Å². The third-order valence-electron chi connectivity index (χ3n) is 5.04. The second kappa shape index (κ2) is 10.8. The van der Waals surface area contributed by atoms with Crippen molar-refractivity contribution in [1.29, 1.82) is 0 Å². The zero-order valence-electron chi connectivity index (χ0n) is 18.6. The number of fused-ring (bicyclic) bond motifs is 1. The Morgan fingerprint density at radius 3 is 2.61 bits per heavy atom. The van der Waals surface area contributed by atoms with Gasteiger partial charge in [-0.15, -0.1) is 0 Å². The maximum absolute atomic E-state index is 9.83. The van der Waals surface area contributed by atoms with Crippen molar-refractivity contribution >= 4 is 22.8 Å². The molecule has 1 aromatic carbocycles. The van der Waals surface area contributed by atoms with Crippen molar-refractivity contribution in [3.8, 4) is 11.5 Å². The number of hydrogen-bond donors (Lipinski definition) is 3. The number of rotatable bonds is 11. The van der Waals surface area contributed by atoms with Crippen LogP contribution in [-0.2, 0) is 6.54 Å². The average Bonchev–Trinajstić information content (AvgIpc) is 2.79. The first kappa shape index (κ1) is 22.6. The van der Waals surface area contributed by atoms with Crippen molar-refractivity contribution < 1.29 is 14.6 Å². The van der Waals surface area contributed by atoms with E-state index < -0.39 is 0 Å². The van der Waals surface area contributed by atoms with Crippen LogP contribution in [0.4, 0.5) is 11.8 Å². The molecule has 3 aromatic rings. The zero-order valence-corrected chi connectivity index (χ0v) is 18.6. The Kier molecular flexibility index (Phi) is 7.83. The Balaban J connectivity index is 1.83. The average molecular weight is 426 g/mol. The van der Waals surface area contributed by atoms with E-state index in [1.807, 2.05) is 30.3 Å². The Labute approximate surface area is 183 Å². The number of anilines is 2. The molecule has 31 heavy (non-hydrogen) atoms. The molecule has 0 saturated heterocycles. The molecule has 2 aromatic heterocycles. The van der Waals surface area contributed by atoms with Crippen molar-refractivity contribution in [1.82, 2.24) is 15.0 Å². The highest BCUT2D eigenvalue weighted by Crippen LogP contribution is 2.26. The van der Waals surface area contributed by atoms with E-state index in [1.165, 1.54) is 0 Å². The normalized spacial score (nSPS) is 12.1. The highest BCUT2D eigenvalue weighted by molar-refractivity contribution is 5.86. The highest BCUT2D eigenvalue weighted by atomic mass is 16.5. The van der Waals surface area contributed by atoms with Crippen molar-refractivity contribution in [3.05, 3.63) is 42.1 Å². The number of nitrogens with one attached hydrogen (secondary N) is 2. The van der Waals surface area contributed by atoms with Crippen molar-refractivity contribution in [2.45, 2.75) is 39.3 Å². The van der Waals surface area contributed by atoms with Gasteiger partial charge in [0.2, 0.25) is 5.95 Å². The van der Waals surface area contributed by atoms with Gasteiger partial charge in [-0.1, -0.05) is 13.8 Å². The second-order valence-corrected chi connectivity index (χ2v) is 7.79. The summed E-state index contributed by atoms with van der Waals surface area (Å²) in [6, 6.07) is 9.32. The Hall–Kier alpha value is -3.13. The van der Waals surface area contributed by atoms with E-state index in [1.54, 1.807) is 20.4 Å². The van der Waals surface area contributed by atoms with E-state index in [2.05, 4.69) is 39.4 Å². The molecule has 2 heterocycles. The molecule has 0 amide bonds. The minimum Gasteiger partial charge on any atom is -0.497 e. The van der Waals surface area contributed by atoms with Gasteiger partial charge in [0.1, 0.15) is 17.0 Å². The molecule has 0 bridgehead atoms. The van der Waals surface area contributed by atoms with E-state index >= 15 is 0 Å². The second-order valence-electron chi connectivity index (χ2n) is 7.79. The van der Waals surface area contributed by atoms with Crippen LogP contribution >= 0.6 is 0 Å². The molecule has 8 heteroatoms. The van der Waals surface area contributed by atoms with E-state index in [0.29, 0.717) is 29.7 Å². The Bertz CT molecular complexity index is 996. The van der Waals surface area contributed by atoms with Gasteiger partial charge in [0.15, 0.2) is 5.82 Å². The lowest BCUT2D eigenvalue weighted by Crippen LogP contribution is -2.25. The summed E-state index contributed by atoms with van der Waals surface area (Å²) in [5.74, 6) is 3.10. The molecular formula is C23H31N5O3. The number of hydrogen-bond acceptors (Lipinski definition) is 8. The predicted octanol–water partition coefficient (Wildman–Crippen LogP) is 3.86. The SMILES string of the molecule is COc1ccc(CNc2nc(N[C@@H](CO)CCC(C)C)c3ncccc3n2)c(OC)c1. The van der Waals surface area contributed by atoms with Gasteiger partial charge in [-0.25, -0.2) is 4.98 Å². The maximum Gasteiger partial charge on any atom is 0.225 e. The van der Waals surface area contributed by atoms with Crippen molar-refractivity contribution in [2.75, 3.05) is 31.5 Å². The first-order valence-electron chi connectivity index (χ1n) is 10.5. The summed E-state index contributed by atoms with van der Waals surface area (Å²) in [6.07, 6.45) is 3.57. The van der Waals surface area contributed by atoms with Crippen LogP contribution in [0.3, 0.4) is 0 Å². The monoisotopic (exact) mass is 425 g/mol. The third-order valence-corrected chi connectivity index (χ3v) is 5.04. The van der Waals surface area contributed by atoms with Crippen LogP contribution in [0.2, 0.25) is 0 Å². The smallest absolute Gasteiger partial charge is 0.225 e. The molecular weight excluding hydrogens is 394 g/mol. The van der Waals surface area contributed by atoms with Crippen LogP contribution in [0.5, 0.6) is 11.5 Å². The van der Waals surface area contributed by atoms with Crippen molar-refractivity contribution in [2.24, 2.45) is 5.92 Å². The molecule has 0 aliphatic heterocycles. The van der Waals surface area contributed by atoms with Crippen LogP contribution in [0, 0.1) is 5.92 Å². The Morgan fingerprint density at radius 2 is 1.90 bits per heavy atom. The molecule has 0 aliphatic carbocycles. The van der Waals surface area contributed by atoms with Gasteiger partial charge in [0, 0.05) is 24.4 Å². The van der Waals surface area contributed by atoms with Crippen LogP contribution in [0.15, 0.2) is 36.5 Å². The summed E-state index contributed by atoms with van der Waals surface area (Å²) < 4.78 is 10.7. The number of aromatic nitrogens is 3. The van der Waals surface area contributed by atoms with Gasteiger partial charge in [0.05, 0.1) is 32.4 Å². The molecule has 3 rings (SSSR count). The van der Waals surface area contributed by atoms with Gasteiger partial charge in [0.25, 0.3) is 0 Å². The predicted molar refractivity (Wildman–Crippen MR) is 123 cm³/mol. The molecule has 0 fully saturated rings. The summed E-state index contributed by atoms with van der Waals surface area (Å²) in [5, 5.41) is 16.5. The molecule has 1 atom stereocenters. The first-order valence-corrected chi connectivity index (χ1v) is 10.5. The standard InChI is InChI=1S/C23H31N5O3/c1-15(2)7-9-17(14-29)26-22-21-19(6-5-11-24-21)27-23(28-22)25-13-16-8-10-18(30-3)12-20(16)31-4/h5-6,8,10-12,15,17,29H,7,9,13-14H2,1-4H3,(H2,25,26,27,28)/t17-/m1/s1. The van der Waals surface area contributed by atoms with Gasteiger partial charge < -0.3 is 25.2 Å². The molecule has 3 N–H and O–H groups in total.